The molecule has 1 aromatic carbocycles. The van der Waals surface area contributed by atoms with Crippen LogP contribution in [0.3, 0.4) is 0 Å². The van der Waals surface area contributed by atoms with E-state index >= 15 is 0 Å². The third-order valence-electron chi connectivity index (χ3n) is 4.89. The van der Waals surface area contributed by atoms with Crippen LogP contribution in [0.15, 0.2) is 30.5 Å². The number of carbonyl (C=O) groups is 5. The molecule has 0 bridgehead atoms. The van der Waals surface area contributed by atoms with Gasteiger partial charge in [0.25, 0.3) is 0 Å². The van der Waals surface area contributed by atoms with Gasteiger partial charge in [0.15, 0.2) is 0 Å². The van der Waals surface area contributed by atoms with Crippen LogP contribution in [0.5, 0.6) is 0 Å². The number of hydrogen-bond acceptors (Lipinski definition) is 6. The van der Waals surface area contributed by atoms with E-state index in [2.05, 4.69) is 20.9 Å². The van der Waals surface area contributed by atoms with Gasteiger partial charge >= 0.3 is 11.9 Å². The highest BCUT2D eigenvalue weighted by molar-refractivity contribution is 5.95. The van der Waals surface area contributed by atoms with Crippen LogP contribution in [-0.2, 0) is 30.4 Å². The van der Waals surface area contributed by atoms with Gasteiger partial charge in [0.05, 0.1) is 12.5 Å². The first-order chi connectivity index (χ1) is 15.5. The molecule has 1 heterocycles. The zero-order chi connectivity index (χ0) is 24.7. The maximum Gasteiger partial charge on any atom is 0.326 e. The van der Waals surface area contributed by atoms with E-state index in [0.29, 0.717) is 5.56 Å². The number of para-hydroxylation sites is 1. The fourth-order valence-electron chi connectivity index (χ4n) is 3.08. The first-order valence-corrected chi connectivity index (χ1v) is 10.2. The average molecular weight is 461 g/mol. The van der Waals surface area contributed by atoms with E-state index in [1.165, 1.54) is 13.8 Å². The topological polar surface area (TPSA) is 204 Å². The van der Waals surface area contributed by atoms with E-state index < -0.39 is 60.2 Å². The molecular formula is C21H27N5O7. The molecule has 0 aliphatic heterocycles. The Labute approximate surface area is 188 Å². The number of carboxylic acid groups (broad SMARTS) is 2. The molecule has 33 heavy (non-hydrogen) atoms. The maximum absolute atomic E-state index is 12.7. The van der Waals surface area contributed by atoms with Crippen LogP contribution in [0.2, 0.25) is 0 Å². The number of H-pyrrole nitrogens is 1. The summed E-state index contributed by atoms with van der Waals surface area (Å²) in [5.74, 6) is -5.13. The Morgan fingerprint density at radius 1 is 0.939 bits per heavy atom. The van der Waals surface area contributed by atoms with Gasteiger partial charge in [0.1, 0.15) is 18.1 Å². The molecule has 178 valence electrons. The summed E-state index contributed by atoms with van der Waals surface area (Å²) < 4.78 is 0. The lowest BCUT2D eigenvalue weighted by Gasteiger charge is -2.22. The standard InChI is InChI=1S/C21H27N5O7/c1-10(22)18(29)24-11(2)19(30)25-15(8-17(27)28)20(31)26-16(21(32)33)7-12-9-23-14-6-4-3-5-13(12)14/h3-6,9-11,15-16,23H,7-8,22H2,1-2H3,(H,24,29)(H,25,30)(H,26,31)(H,27,28)(H,32,33). The van der Waals surface area contributed by atoms with Gasteiger partial charge in [0.2, 0.25) is 17.7 Å². The number of aliphatic carboxylic acids is 2. The lowest BCUT2D eigenvalue weighted by molar-refractivity contribution is -0.143. The second kappa shape index (κ2) is 11.1. The molecule has 4 atom stereocenters. The van der Waals surface area contributed by atoms with Gasteiger partial charge in [-0.05, 0) is 25.5 Å². The summed E-state index contributed by atoms with van der Waals surface area (Å²) in [5, 5.41) is 26.4. The van der Waals surface area contributed by atoms with Crippen molar-refractivity contribution in [2.24, 2.45) is 5.73 Å². The molecule has 2 rings (SSSR count). The van der Waals surface area contributed by atoms with Crippen molar-refractivity contribution in [3.05, 3.63) is 36.0 Å². The summed E-state index contributed by atoms with van der Waals surface area (Å²) in [7, 11) is 0. The van der Waals surface area contributed by atoms with Gasteiger partial charge < -0.3 is 36.9 Å². The molecule has 0 saturated heterocycles. The number of aromatic amines is 1. The van der Waals surface area contributed by atoms with E-state index in [1.54, 1.807) is 18.3 Å². The number of nitrogens with two attached hydrogens (primary N) is 1. The fraction of sp³-hybridized carbons (Fsp3) is 0.381. The Bertz CT molecular complexity index is 1050. The molecule has 4 unspecified atom stereocenters. The van der Waals surface area contributed by atoms with Crippen LogP contribution in [0.25, 0.3) is 10.9 Å². The molecule has 0 radical (unpaired) electrons. The van der Waals surface area contributed by atoms with Gasteiger partial charge in [-0.15, -0.1) is 0 Å². The fourth-order valence-corrected chi connectivity index (χ4v) is 3.08. The van der Waals surface area contributed by atoms with Gasteiger partial charge in [-0.3, -0.25) is 19.2 Å². The van der Waals surface area contributed by atoms with Gasteiger partial charge in [-0.25, -0.2) is 4.79 Å². The summed E-state index contributed by atoms with van der Waals surface area (Å²) in [5.41, 5.74) is 6.87. The second-order valence-electron chi connectivity index (χ2n) is 7.64. The molecule has 0 saturated carbocycles. The number of amides is 3. The van der Waals surface area contributed by atoms with E-state index in [4.69, 9.17) is 10.8 Å². The Balaban J connectivity index is 2.12. The van der Waals surface area contributed by atoms with E-state index in [1.807, 2.05) is 12.1 Å². The molecule has 2 aromatic rings. The second-order valence-corrected chi connectivity index (χ2v) is 7.64. The lowest BCUT2D eigenvalue weighted by atomic mass is 10.0. The zero-order valence-corrected chi connectivity index (χ0v) is 18.1. The minimum absolute atomic E-state index is 0.0698. The highest BCUT2D eigenvalue weighted by Crippen LogP contribution is 2.19. The molecule has 8 N–H and O–H groups in total. The first-order valence-electron chi connectivity index (χ1n) is 10.2. The molecule has 12 nitrogen and oxygen atoms in total. The van der Waals surface area contributed by atoms with Crippen molar-refractivity contribution >= 4 is 40.6 Å². The molecule has 0 aliphatic carbocycles. The van der Waals surface area contributed by atoms with Crippen molar-refractivity contribution in [1.29, 1.82) is 0 Å². The number of benzene rings is 1. The first kappa shape index (κ1) is 25.3. The largest absolute Gasteiger partial charge is 0.481 e. The van der Waals surface area contributed by atoms with Gasteiger partial charge in [-0.2, -0.15) is 0 Å². The van der Waals surface area contributed by atoms with Gasteiger partial charge in [0, 0.05) is 23.5 Å². The van der Waals surface area contributed by atoms with Crippen molar-refractivity contribution < 1.29 is 34.2 Å². The predicted molar refractivity (Wildman–Crippen MR) is 117 cm³/mol. The smallest absolute Gasteiger partial charge is 0.326 e. The van der Waals surface area contributed by atoms with Crippen molar-refractivity contribution in [2.45, 2.75) is 50.9 Å². The summed E-state index contributed by atoms with van der Waals surface area (Å²) in [6.45, 7) is 2.75. The summed E-state index contributed by atoms with van der Waals surface area (Å²) >= 11 is 0. The number of carboxylic acids is 2. The molecule has 12 heteroatoms. The Hall–Kier alpha value is -3.93. The highest BCUT2D eigenvalue weighted by Gasteiger charge is 2.30. The van der Waals surface area contributed by atoms with Crippen LogP contribution in [0.1, 0.15) is 25.8 Å². The van der Waals surface area contributed by atoms with Crippen LogP contribution in [0.4, 0.5) is 0 Å². The maximum atomic E-state index is 12.7. The van der Waals surface area contributed by atoms with Crippen LogP contribution < -0.4 is 21.7 Å². The van der Waals surface area contributed by atoms with Crippen molar-refractivity contribution in [3.8, 4) is 0 Å². The van der Waals surface area contributed by atoms with Crippen molar-refractivity contribution in [1.82, 2.24) is 20.9 Å². The van der Waals surface area contributed by atoms with Crippen LogP contribution >= 0.6 is 0 Å². The summed E-state index contributed by atoms with van der Waals surface area (Å²) in [4.78, 5) is 62.7. The van der Waals surface area contributed by atoms with E-state index in [-0.39, 0.29) is 6.42 Å². The number of hydrogen-bond donors (Lipinski definition) is 7. The molecule has 0 spiro atoms. The molecule has 0 fully saturated rings. The van der Waals surface area contributed by atoms with Crippen molar-refractivity contribution in [3.63, 3.8) is 0 Å². The molecule has 3 amide bonds. The van der Waals surface area contributed by atoms with E-state index in [0.717, 1.165) is 10.9 Å². The average Bonchev–Trinajstić information content (AvgIpc) is 3.14. The minimum Gasteiger partial charge on any atom is -0.481 e. The molecular weight excluding hydrogens is 434 g/mol. The predicted octanol–water partition coefficient (Wildman–Crippen LogP) is -0.909. The Morgan fingerprint density at radius 2 is 1.58 bits per heavy atom. The van der Waals surface area contributed by atoms with Crippen LogP contribution in [0, 0.1) is 0 Å². The monoisotopic (exact) mass is 461 g/mol. The number of nitrogens with one attached hydrogen (secondary N) is 4. The Morgan fingerprint density at radius 3 is 2.18 bits per heavy atom. The van der Waals surface area contributed by atoms with Gasteiger partial charge in [-0.1, -0.05) is 18.2 Å². The Kier molecular flexibility index (Phi) is 8.51. The number of fused-ring (bicyclic) bond motifs is 1. The van der Waals surface area contributed by atoms with E-state index in [9.17, 15) is 29.1 Å². The lowest BCUT2D eigenvalue weighted by Crippen LogP contribution is -2.56. The third-order valence-corrected chi connectivity index (χ3v) is 4.89. The molecule has 0 aliphatic rings. The zero-order valence-electron chi connectivity index (χ0n) is 18.1. The number of aromatic nitrogens is 1. The highest BCUT2D eigenvalue weighted by atomic mass is 16.4. The number of rotatable bonds is 11. The normalized spacial score (nSPS) is 14.5. The van der Waals surface area contributed by atoms with Crippen LogP contribution in [-0.4, -0.2) is 69.0 Å². The SMILES string of the molecule is CC(N)C(=O)NC(C)C(=O)NC(CC(=O)O)C(=O)NC(Cc1c[nH]c2ccccc12)C(=O)O. The summed E-state index contributed by atoms with van der Waals surface area (Å²) in [6.07, 6.45) is 0.775. The summed E-state index contributed by atoms with van der Waals surface area (Å²) in [6, 6.07) is 2.31. The third kappa shape index (κ3) is 7.04. The minimum atomic E-state index is -1.56. The molecule has 1 aromatic heterocycles. The van der Waals surface area contributed by atoms with Crippen molar-refractivity contribution in [2.75, 3.05) is 0 Å². The number of carbonyl (C=O) groups excluding carboxylic acids is 3. The quantitative estimate of drug-likeness (QED) is 0.223.